The highest BCUT2D eigenvalue weighted by Gasteiger charge is 2.14. The molecule has 0 fully saturated rings. The van der Waals surface area contributed by atoms with Crippen molar-refractivity contribution >= 4 is 27.1 Å². The van der Waals surface area contributed by atoms with E-state index in [2.05, 4.69) is 39.6 Å². The summed E-state index contributed by atoms with van der Waals surface area (Å²) in [7, 11) is 0. The summed E-state index contributed by atoms with van der Waals surface area (Å²) in [5.41, 5.74) is 1.99. The van der Waals surface area contributed by atoms with E-state index in [1.54, 1.807) is 0 Å². The van der Waals surface area contributed by atoms with Gasteiger partial charge >= 0.3 is 5.56 Å². The Kier molecular flexibility index (Phi) is 3.76. The summed E-state index contributed by atoms with van der Waals surface area (Å²) < 4.78 is 1.36. The molecule has 5 rings (SSSR count). The minimum Gasteiger partial charge on any atom is -0.265 e. The molecular weight excluding hydrogens is 356 g/mol. The molecular formula is C21H14N4OS. The molecule has 0 amide bonds. The molecule has 5 nitrogen and oxygen atoms in total. The molecule has 130 valence electrons. The maximum absolute atomic E-state index is 12.8. The molecule has 6 heteroatoms. The van der Waals surface area contributed by atoms with Gasteiger partial charge in [0.05, 0.1) is 0 Å². The van der Waals surface area contributed by atoms with Crippen LogP contribution in [0.1, 0.15) is 10.6 Å². The second-order valence-corrected chi connectivity index (χ2v) is 7.27. The predicted octanol–water partition coefficient (Wildman–Crippen LogP) is 3.96. The Morgan fingerprint density at radius 3 is 2.52 bits per heavy atom. The topological polar surface area (TPSA) is 60.2 Å². The third-order valence-electron chi connectivity index (χ3n) is 4.50. The van der Waals surface area contributed by atoms with E-state index in [-0.39, 0.29) is 5.56 Å². The molecule has 2 aromatic heterocycles. The fraction of sp³-hybridized carbons (Fsp3) is 0.0476. The quantitative estimate of drug-likeness (QED) is 0.482. The number of benzene rings is 3. The first-order chi connectivity index (χ1) is 13.3. The maximum atomic E-state index is 12.8. The van der Waals surface area contributed by atoms with Gasteiger partial charge in [-0.05, 0) is 16.3 Å². The van der Waals surface area contributed by atoms with Gasteiger partial charge in [-0.3, -0.25) is 4.79 Å². The van der Waals surface area contributed by atoms with Crippen molar-refractivity contribution in [2.24, 2.45) is 0 Å². The van der Waals surface area contributed by atoms with Gasteiger partial charge in [-0.1, -0.05) is 84.1 Å². The second-order valence-electron chi connectivity index (χ2n) is 6.23. The minimum atomic E-state index is -0.244. The van der Waals surface area contributed by atoms with E-state index in [1.165, 1.54) is 32.2 Å². The third kappa shape index (κ3) is 2.80. The zero-order valence-corrected chi connectivity index (χ0v) is 15.1. The molecule has 0 spiro atoms. The summed E-state index contributed by atoms with van der Waals surface area (Å²) >= 11 is 1.40. The Balaban J connectivity index is 1.59. The predicted molar refractivity (Wildman–Crippen MR) is 107 cm³/mol. The first kappa shape index (κ1) is 15.8. The maximum Gasteiger partial charge on any atom is 0.302 e. The Morgan fingerprint density at radius 2 is 1.63 bits per heavy atom. The van der Waals surface area contributed by atoms with Crippen LogP contribution in [-0.2, 0) is 6.42 Å². The van der Waals surface area contributed by atoms with Crippen molar-refractivity contribution in [3.8, 4) is 11.3 Å². The van der Waals surface area contributed by atoms with E-state index in [9.17, 15) is 4.79 Å². The van der Waals surface area contributed by atoms with Gasteiger partial charge in [0.1, 0.15) is 5.01 Å². The number of fused-ring (bicyclic) bond motifs is 2. The van der Waals surface area contributed by atoms with Crippen molar-refractivity contribution in [2.45, 2.75) is 6.42 Å². The van der Waals surface area contributed by atoms with Gasteiger partial charge in [0, 0.05) is 12.0 Å². The van der Waals surface area contributed by atoms with Crippen LogP contribution in [0.2, 0.25) is 0 Å². The molecule has 5 aromatic rings. The lowest BCUT2D eigenvalue weighted by Crippen LogP contribution is -2.19. The van der Waals surface area contributed by atoms with E-state index in [0.717, 1.165) is 10.6 Å². The van der Waals surface area contributed by atoms with Gasteiger partial charge in [0.25, 0.3) is 0 Å². The summed E-state index contributed by atoms with van der Waals surface area (Å²) in [6.07, 6.45) is 0.648. The first-order valence-corrected chi connectivity index (χ1v) is 9.39. The molecule has 0 saturated carbocycles. The molecule has 3 aromatic carbocycles. The lowest BCUT2D eigenvalue weighted by molar-refractivity contribution is 0.837. The van der Waals surface area contributed by atoms with Gasteiger partial charge < -0.3 is 0 Å². The SMILES string of the molecule is O=c1c(-c2ccccc2)nnc2sc(Cc3cccc4ccccc34)nn12. The molecule has 2 heterocycles. The molecule has 27 heavy (non-hydrogen) atoms. The zero-order valence-electron chi connectivity index (χ0n) is 14.2. The van der Waals surface area contributed by atoms with Gasteiger partial charge in [0.15, 0.2) is 5.69 Å². The van der Waals surface area contributed by atoms with Crippen LogP contribution in [0.3, 0.4) is 0 Å². The highest BCUT2D eigenvalue weighted by molar-refractivity contribution is 7.16. The second kappa shape index (κ2) is 6.41. The summed E-state index contributed by atoms with van der Waals surface area (Å²) in [5, 5.41) is 16.1. The van der Waals surface area contributed by atoms with Crippen LogP contribution < -0.4 is 5.56 Å². The van der Waals surface area contributed by atoms with E-state index in [4.69, 9.17) is 0 Å². The van der Waals surface area contributed by atoms with Gasteiger partial charge in [-0.25, -0.2) is 0 Å². The molecule has 0 aliphatic carbocycles. The Hall–Kier alpha value is -3.38. The van der Waals surface area contributed by atoms with E-state index in [0.29, 0.717) is 17.1 Å². The van der Waals surface area contributed by atoms with E-state index in [1.807, 2.05) is 48.5 Å². The van der Waals surface area contributed by atoms with Crippen LogP contribution in [-0.4, -0.2) is 19.8 Å². The number of hydrogen-bond donors (Lipinski definition) is 0. The van der Waals surface area contributed by atoms with Crippen molar-refractivity contribution < 1.29 is 0 Å². The van der Waals surface area contributed by atoms with Gasteiger partial charge in [0.2, 0.25) is 4.96 Å². The Labute approximate surface area is 158 Å². The van der Waals surface area contributed by atoms with Gasteiger partial charge in [-0.15, -0.1) is 10.2 Å². The van der Waals surface area contributed by atoms with Crippen LogP contribution >= 0.6 is 11.3 Å². The van der Waals surface area contributed by atoms with Crippen LogP contribution in [0.15, 0.2) is 77.6 Å². The molecule has 0 radical (unpaired) electrons. The molecule has 0 aliphatic heterocycles. The fourth-order valence-corrected chi connectivity index (χ4v) is 4.07. The van der Waals surface area contributed by atoms with Crippen LogP contribution in [0.25, 0.3) is 27.0 Å². The van der Waals surface area contributed by atoms with Crippen molar-refractivity contribution in [3.05, 3.63) is 93.7 Å². The van der Waals surface area contributed by atoms with E-state index < -0.39 is 0 Å². The summed E-state index contributed by atoms with van der Waals surface area (Å²) in [5.74, 6) is 0. The molecule has 0 aliphatic rings. The average Bonchev–Trinajstić information content (AvgIpc) is 3.13. The summed E-state index contributed by atoms with van der Waals surface area (Å²) in [4.78, 5) is 13.3. The highest BCUT2D eigenvalue weighted by Crippen LogP contribution is 2.23. The van der Waals surface area contributed by atoms with Gasteiger partial charge in [-0.2, -0.15) is 9.61 Å². The Morgan fingerprint density at radius 1 is 0.852 bits per heavy atom. The lowest BCUT2D eigenvalue weighted by Gasteiger charge is -2.03. The average molecular weight is 370 g/mol. The monoisotopic (exact) mass is 370 g/mol. The number of rotatable bonds is 3. The number of nitrogens with zero attached hydrogens (tertiary/aromatic N) is 4. The summed E-state index contributed by atoms with van der Waals surface area (Å²) in [6, 6.07) is 23.9. The van der Waals surface area contributed by atoms with Crippen LogP contribution in [0.4, 0.5) is 0 Å². The lowest BCUT2D eigenvalue weighted by atomic mass is 10.0. The van der Waals surface area contributed by atoms with Crippen molar-refractivity contribution in [3.63, 3.8) is 0 Å². The van der Waals surface area contributed by atoms with E-state index >= 15 is 0 Å². The third-order valence-corrected chi connectivity index (χ3v) is 5.40. The standard InChI is InChI=1S/C21H14N4OS/c26-20-19(15-8-2-1-3-9-15)22-23-21-25(20)24-18(27-21)13-16-11-6-10-14-7-4-5-12-17(14)16/h1-12H,13H2. The first-order valence-electron chi connectivity index (χ1n) is 8.57. The zero-order chi connectivity index (χ0) is 18.2. The largest absolute Gasteiger partial charge is 0.302 e. The van der Waals surface area contributed by atoms with Crippen LogP contribution in [0.5, 0.6) is 0 Å². The van der Waals surface area contributed by atoms with Crippen molar-refractivity contribution in [2.75, 3.05) is 0 Å². The molecule has 0 unspecified atom stereocenters. The Bertz CT molecular complexity index is 1320. The summed E-state index contributed by atoms with van der Waals surface area (Å²) in [6.45, 7) is 0. The fourth-order valence-electron chi connectivity index (χ4n) is 3.21. The molecule has 0 bridgehead atoms. The smallest absolute Gasteiger partial charge is 0.265 e. The number of hydrogen-bond acceptors (Lipinski definition) is 5. The highest BCUT2D eigenvalue weighted by atomic mass is 32.1. The normalized spacial score (nSPS) is 11.3. The molecule has 0 atom stereocenters. The van der Waals surface area contributed by atoms with Crippen molar-refractivity contribution in [1.82, 2.24) is 19.8 Å². The molecule has 0 saturated heterocycles. The van der Waals surface area contributed by atoms with Crippen LogP contribution in [0, 0.1) is 0 Å². The van der Waals surface area contributed by atoms with Crippen molar-refractivity contribution in [1.29, 1.82) is 0 Å². The minimum absolute atomic E-state index is 0.244. The number of aromatic nitrogens is 4. The molecule has 0 N–H and O–H groups in total.